The summed E-state index contributed by atoms with van der Waals surface area (Å²) in [6.45, 7) is 9.57. The van der Waals surface area contributed by atoms with Crippen LogP contribution in [0.2, 0.25) is 0 Å². The average Bonchev–Trinajstić information content (AvgIpc) is 2.92. The van der Waals surface area contributed by atoms with Crippen LogP contribution in [-0.4, -0.2) is 43.6 Å². The summed E-state index contributed by atoms with van der Waals surface area (Å²) in [5, 5.41) is 3.45. The minimum atomic E-state index is -4.02. The second-order valence-corrected chi connectivity index (χ2v) is 8.44. The van der Waals surface area contributed by atoms with E-state index in [4.69, 9.17) is 4.55 Å². The van der Waals surface area contributed by atoms with Gasteiger partial charge in [-0.15, -0.1) is 0 Å². The molecule has 6 nitrogen and oxygen atoms in total. The molecule has 3 heterocycles. The molecule has 2 saturated heterocycles. The summed E-state index contributed by atoms with van der Waals surface area (Å²) in [6.07, 6.45) is 2.01. The second kappa shape index (κ2) is 7.34. The lowest BCUT2D eigenvalue weighted by Gasteiger charge is -2.45. The Hall–Kier alpha value is -1.96. The zero-order chi connectivity index (χ0) is 18.9. The molecule has 2 aliphatic rings. The summed E-state index contributed by atoms with van der Waals surface area (Å²) in [5.41, 5.74) is 4.68. The molecule has 2 N–H and O–H groups in total. The fraction of sp³-hybridized carbons (Fsp3) is 0.421. The van der Waals surface area contributed by atoms with Gasteiger partial charge in [-0.1, -0.05) is 17.7 Å². The number of rotatable bonds is 2. The standard InChI is InChI=1S/C12H17N3.C7H8O3S/c1-8-3-11(5-14-9(8)2)15-7-10-4-13-6-12(10)15;1-6-2-4-7(5-3-6)11(8,9)10/h3,5,10,12-13H,4,6-7H2,1-2H3;2-5H,1H3,(H,8,9,10)/t10-,12-;/m0./s1. The molecule has 2 fully saturated rings. The normalized spacial score (nSPS) is 21.5. The molecule has 4 rings (SSSR count). The summed E-state index contributed by atoms with van der Waals surface area (Å²) in [5.74, 6) is 0.867. The molecule has 0 aliphatic carbocycles. The summed E-state index contributed by atoms with van der Waals surface area (Å²) in [4.78, 5) is 6.84. The maximum Gasteiger partial charge on any atom is 0.294 e. The van der Waals surface area contributed by atoms with Crippen molar-refractivity contribution < 1.29 is 13.0 Å². The first-order valence-corrected chi connectivity index (χ1v) is 10.1. The lowest BCUT2D eigenvalue weighted by atomic mass is 9.91. The van der Waals surface area contributed by atoms with Gasteiger partial charge in [0, 0.05) is 37.3 Å². The number of hydrogen-bond acceptors (Lipinski definition) is 5. The molecule has 0 radical (unpaired) electrons. The van der Waals surface area contributed by atoms with Crippen LogP contribution in [-0.2, 0) is 10.1 Å². The molecule has 2 aromatic rings. The number of benzene rings is 1. The van der Waals surface area contributed by atoms with Gasteiger partial charge in [0.25, 0.3) is 10.1 Å². The number of aromatic nitrogens is 1. The first-order chi connectivity index (χ1) is 12.3. The average molecular weight is 375 g/mol. The van der Waals surface area contributed by atoms with E-state index < -0.39 is 10.1 Å². The lowest BCUT2D eigenvalue weighted by Crippen LogP contribution is -2.55. The van der Waals surface area contributed by atoms with Gasteiger partial charge in [-0.05, 0) is 44.5 Å². The number of anilines is 1. The van der Waals surface area contributed by atoms with Gasteiger partial charge in [-0.25, -0.2) is 0 Å². The van der Waals surface area contributed by atoms with E-state index in [2.05, 4.69) is 35.1 Å². The molecule has 1 aromatic carbocycles. The Bertz CT molecular complexity index is 881. The monoisotopic (exact) mass is 375 g/mol. The Morgan fingerprint density at radius 3 is 2.42 bits per heavy atom. The fourth-order valence-electron chi connectivity index (χ4n) is 3.31. The fourth-order valence-corrected chi connectivity index (χ4v) is 3.79. The van der Waals surface area contributed by atoms with Crippen LogP contribution in [0.1, 0.15) is 16.8 Å². The van der Waals surface area contributed by atoms with E-state index in [0.717, 1.165) is 23.7 Å². The number of nitrogens with zero attached hydrogens (tertiary/aromatic N) is 2. The van der Waals surface area contributed by atoms with E-state index in [1.807, 2.05) is 13.1 Å². The molecular formula is C19H25N3O3S. The number of fused-ring (bicyclic) bond motifs is 1. The van der Waals surface area contributed by atoms with E-state index in [1.165, 1.54) is 36.5 Å². The summed E-state index contributed by atoms with van der Waals surface area (Å²) < 4.78 is 29.6. The first kappa shape index (κ1) is 18.8. The molecule has 0 bridgehead atoms. The lowest BCUT2D eigenvalue weighted by molar-refractivity contribution is 0.365. The van der Waals surface area contributed by atoms with Gasteiger partial charge in [-0.2, -0.15) is 8.42 Å². The van der Waals surface area contributed by atoms with Crippen molar-refractivity contribution in [3.05, 3.63) is 53.3 Å². The maximum absolute atomic E-state index is 10.5. The van der Waals surface area contributed by atoms with E-state index in [-0.39, 0.29) is 4.90 Å². The van der Waals surface area contributed by atoms with E-state index >= 15 is 0 Å². The largest absolute Gasteiger partial charge is 0.365 e. The van der Waals surface area contributed by atoms with Crippen molar-refractivity contribution in [3.63, 3.8) is 0 Å². The van der Waals surface area contributed by atoms with Crippen molar-refractivity contribution >= 4 is 15.8 Å². The Balaban J connectivity index is 0.000000160. The van der Waals surface area contributed by atoms with Gasteiger partial charge in [0.15, 0.2) is 0 Å². The minimum absolute atomic E-state index is 0.0666. The highest BCUT2D eigenvalue weighted by atomic mass is 32.2. The Labute approximate surface area is 155 Å². The molecule has 1 aromatic heterocycles. The highest BCUT2D eigenvalue weighted by molar-refractivity contribution is 7.85. The third-order valence-corrected chi connectivity index (χ3v) is 5.98. The molecule has 140 valence electrons. The molecule has 7 heteroatoms. The minimum Gasteiger partial charge on any atom is -0.365 e. The summed E-state index contributed by atoms with van der Waals surface area (Å²) in [7, 11) is -4.02. The van der Waals surface area contributed by atoms with Crippen LogP contribution >= 0.6 is 0 Å². The Kier molecular flexibility index (Phi) is 5.32. The highest BCUT2D eigenvalue weighted by Crippen LogP contribution is 2.33. The molecule has 0 spiro atoms. The Morgan fingerprint density at radius 2 is 1.85 bits per heavy atom. The first-order valence-electron chi connectivity index (χ1n) is 8.70. The van der Waals surface area contributed by atoms with Gasteiger partial charge in [-0.3, -0.25) is 9.54 Å². The number of aryl methyl sites for hydroxylation is 3. The zero-order valence-corrected chi connectivity index (χ0v) is 16.1. The van der Waals surface area contributed by atoms with Crippen molar-refractivity contribution in [3.8, 4) is 0 Å². The smallest absolute Gasteiger partial charge is 0.294 e. The quantitative estimate of drug-likeness (QED) is 0.784. The predicted molar refractivity (Wildman–Crippen MR) is 102 cm³/mol. The van der Waals surface area contributed by atoms with Crippen LogP contribution in [0.4, 0.5) is 5.69 Å². The number of pyridine rings is 1. The summed E-state index contributed by atoms with van der Waals surface area (Å²) in [6, 6.07) is 8.97. The van der Waals surface area contributed by atoms with Gasteiger partial charge in [0.2, 0.25) is 0 Å². The SMILES string of the molecule is Cc1cc(N2C[C@@H]3CNC[C@@H]32)cnc1C.Cc1ccc(S(=O)(=O)O)cc1. The van der Waals surface area contributed by atoms with Crippen LogP contribution in [0.3, 0.4) is 0 Å². The molecular weight excluding hydrogens is 350 g/mol. The van der Waals surface area contributed by atoms with Crippen molar-refractivity contribution in [2.45, 2.75) is 31.7 Å². The molecule has 26 heavy (non-hydrogen) atoms. The topological polar surface area (TPSA) is 82.5 Å². The zero-order valence-electron chi connectivity index (χ0n) is 15.3. The third kappa shape index (κ3) is 4.06. The van der Waals surface area contributed by atoms with E-state index in [9.17, 15) is 8.42 Å². The van der Waals surface area contributed by atoms with Crippen molar-refractivity contribution in [1.82, 2.24) is 10.3 Å². The van der Waals surface area contributed by atoms with Gasteiger partial charge >= 0.3 is 0 Å². The molecule has 2 atom stereocenters. The summed E-state index contributed by atoms with van der Waals surface area (Å²) >= 11 is 0. The Morgan fingerprint density at radius 1 is 1.15 bits per heavy atom. The van der Waals surface area contributed by atoms with E-state index in [1.54, 1.807) is 12.1 Å². The van der Waals surface area contributed by atoms with Gasteiger partial charge in [0.05, 0.1) is 16.8 Å². The molecule has 2 aliphatic heterocycles. The van der Waals surface area contributed by atoms with Crippen molar-refractivity contribution in [2.75, 3.05) is 24.5 Å². The number of hydrogen-bond donors (Lipinski definition) is 2. The van der Waals surface area contributed by atoms with Crippen LogP contribution in [0, 0.1) is 26.7 Å². The van der Waals surface area contributed by atoms with Crippen LogP contribution in [0.5, 0.6) is 0 Å². The van der Waals surface area contributed by atoms with Crippen molar-refractivity contribution in [1.29, 1.82) is 0 Å². The van der Waals surface area contributed by atoms with E-state index in [0.29, 0.717) is 6.04 Å². The van der Waals surface area contributed by atoms with Crippen LogP contribution in [0.15, 0.2) is 41.4 Å². The number of nitrogens with one attached hydrogen (secondary N) is 1. The second-order valence-electron chi connectivity index (χ2n) is 7.02. The van der Waals surface area contributed by atoms with Gasteiger partial charge in [0.1, 0.15) is 0 Å². The molecule has 0 saturated carbocycles. The van der Waals surface area contributed by atoms with Gasteiger partial charge < -0.3 is 10.2 Å². The molecule has 0 amide bonds. The highest BCUT2D eigenvalue weighted by Gasteiger charge is 2.42. The van der Waals surface area contributed by atoms with Crippen LogP contribution in [0.25, 0.3) is 0 Å². The van der Waals surface area contributed by atoms with Crippen LogP contribution < -0.4 is 10.2 Å². The molecule has 0 unspecified atom stereocenters. The third-order valence-electron chi connectivity index (χ3n) is 5.11. The maximum atomic E-state index is 10.5. The van der Waals surface area contributed by atoms with Crippen molar-refractivity contribution in [2.24, 2.45) is 5.92 Å². The predicted octanol–water partition coefficient (Wildman–Crippen LogP) is 2.35.